The zero-order valence-corrected chi connectivity index (χ0v) is 11.3. The van der Waals surface area contributed by atoms with E-state index in [4.69, 9.17) is 11.6 Å². The third-order valence-electron chi connectivity index (χ3n) is 2.21. The van der Waals surface area contributed by atoms with E-state index < -0.39 is 10.8 Å². The number of hydrogen-bond acceptors (Lipinski definition) is 4. The van der Waals surface area contributed by atoms with Crippen LogP contribution in [0.2, 0.25) is 5.15 Å². The Morgan fingerprint density at radius 2 is 1.94 bits per heavy atom. The van der Waals surface area contributed by atoms with Crippen molar-refractivity contribution in [1.29, 1.82) is 0 Å². The van der Waals surface area contributed by atoms with Crippen molar-refractivity contribution < 1.29 is 4.21 Å². The van der Waals surface area contributed by atoms with Gasteiger partial charge in [0.25, 0.3) is 0 Å². The van der Waals surface area contributed by atoms with E-state index in [2.05, 4.69) is 15.3 Å². The Bertz CT molecular complexity index is 398. The van der Waals surface area contributed by atoms with E-state index in [1.54, 1.807) is 0 Å². The topological polar surface area (TPSA) is 54.9 Å². The molecular formula is C10H16ClN3OS. The molecule has 4 nitrogen and oxygen atoms in total. The van der Waals surface area contributed by atoms with Crippen molar-refractivity contribution in [3.63, 3.8) is 0 Å². The van der Waals surface area contributed by atoms with Gasteiger partial charge in [-0.15, -0.1) is 0 Å². The molecule has 0 saturated heterocycles. The van der Waals surface area contributed by atoms with Crippen LogP contribution in [0.1, 0.15) is 18.3 Å². The van der Waals surface area contributed by atoms with Crippen molar-refractivity contribution >= 4 is 28.2 Å². The van der Waals surface area contributed by atoms with Crippen molar-refractivity contribution in [3.05, 3.63) is 16.5 Å². The molecule has 0 bridgehead atoms. The number of aryl methyl sites for hydroxylation is 2. The summed E-state index contributed by atoms with van der Waals surface area (Å²) >= 11 is 5.94. The van der Waals surface area contributed by atoms with Crippen LogP contribution in [-0.2, 0) is 10.8 Å². The Morgan fingerprint density at radius 1 is 1.31 bits per heavy atom. The number of rotatable bonds is 5. The maximum atomic E-state index is 11.2. The van der Waals surface area contributed by atoms with Gasteiger partial charge in [0, 0.05) is 28.9 Å². The third-order valence-corrected chi connectivity index (χ3v) is 3.78. The molecular weight excluding hydrogens is 246 g/mol. The van der Waals surface area contributed by atoms with E-state index in [9.17, 15) is 4.21 Å². The van der Waals surface area contributed by atoms with Gasteiger partial charge in [0.05, 0.1) is 11.4 Å². The van der Waals surface area contributed by atoms with Gasteiger partial charge in [-0.05, 0) is 13.8 Å². The van der Waals surface area contributed by atoms with E-state index in [0.717, 1.165) is 11.4 Å². The van der Waals surface area contributed by atoms with Crippen molar-refractivity contribution in [2.75, 3.05) is 23.4 Å². The van der Waals surface area contributed by atoms with Gasteiger partial charge >= 0.3 is 0 Å². The molecule has 0 amide bonds. The average Bonchev–Trinajstić information content (AvgIpc) is 2.25. The lowest BCUT2D eigenvalue weighted by Crippen LogP contribution is -2.14. The van der Waals surface area contributed by atoms with E-state index in [1.165, 1.54) is 0 Å². The number of nitrogens with one attached hydrogen (secondary N) is 1. The van der Waals surface area contributed by atoms with Crippen molar-refractivity contribution in [2.45, 2.75) is 20.8 Å². The van der Waals surface area contributed by atoms with Gasteiger partial charge in [-0.25, -0.2) is 9.97 Å². The van der Waals surface area contributed by atoms with E-state index in [1.807, 2.05) is 20.8 Å². The quantitative estimate of drug-likeness (QED) is 0.880. The lowest BCUT2D eigenvalue weighted by atomic mass is 10.3. The number of hydrogen-bond donors (Lipinski definition) is 1. The SMILES string of the molecule is CCS(=O)CCNc1nc(C)c(C)nc1Cl. The minimum absolute atomic E-state index is 0.366. The van der Waals surface area contributed by atoms with Gasteiger partial charge in [0.2, 0.25) is 0 Å². The van der Waals surface area contributed by atoms with Crippen molar-refractivity contribution in [3.8, 4) is 0 Å². The molecule has 0 saturated carbocycles. The summed E-state index contributed by atoms with van der Waals surface area (Å²) in [7, 11) is -0.771. The first-order chi connectivity index (χ1) is 7.54. The summed E-state index contributed by atoms with van der Waals surface area (Å²) in [4.78, 5) is 8.45. The minimum atomic E-state index is -0.771. The molecule has 90 valence electrons. The van der Waals surface area contributed by atoms with Crippen LogP contribution in [0, 0.1) is 13.8 Å². The minimum Gasteiger partial charge on any atom is -0.367 e. The van der Waals surface area contributed by atoms with Crippen LogP contribution in [0.4, 0.5) is 5.82 Å². The molecule has 1 atom stereocenters. The zero-order chi connectivity index (χ0) is 12.1. The molecule has 0 radical (unpaired) electrons. The first-order valence-corrected chi connectivity index (χ1v) is 7.00. The van der Waals surface area contributed by atoms with E-state index in [0.29, 0.717) is 29.0 Å². The van der Waals surface area contributed by atoms with E-state index >= 15 is 0 Å². The highest BCUT2D eigenvalue weighted by molar-refractivity contribution is 7.84. The van der Waals surface area contributed by atoms with Crippen LogP contribution >= 0.6 is 11.6 Å². The molecule has 0 fully saturated rings. The number of anilines is 1. The molecule has 1 N–H and O–H groups in total. The van der Waals surface area contributed by atoms with E-state index in [-0.39, 0.29) is 0 Å². The largest absolute Gasteiger partial charge is 0.367 e. The molecule has 16 heavy (non-hydrogen) atoms. The Labute approximate surface area is 103 Å². The summed E-state index contributed by atoms with van der Waals surface area (Å²) < 4.78 is 11.2. The number of aromatic nitrogens is 2. The van der Waals surface area contributed by atoms with Crippen LogP contribution in [0.25, 0.3) is 0 Å². The fourth-order valence-electron chi connectivity index (χ4n) is 1.12. The molecule has 6 heteroatoms. The highest BCUT2D eigenvalue weighted by Crippen LogP contribution is 2.17. The molecule has 0 aliphatic heterocycles. The first-order valence-electron chi connectivity index (χ1n) is 5.14. The van der Waals surface area contributed by atoms with Gasteiger partial charge in [-0.1, -0.05) is 18.5 Å². The Morgan fingerprint density at radius 3 is 2.56 bits per heavy atom. The summed E-state index contributed by atoms with van der Waals surface area (Å²) in [5.41, 5.74) is 1.68. The fourth-order valence-corrected chi connectivity index (χ4v) is 1.97. The Balaban J connectivity index is 2.60. The second-order valence-electron chi connectivity index (χ2n) is 3.39. The lowest BCUT2D eigenvalue weighted by Gasteiger charge is -2.08. The van der Waals surface area contributed by atoms with Crippen molar-refractivity contribution in [1.82, 2.24) is 9.97 Å². The normalized spacial score (nSPS) is 12.5. The number of halogens is 1. The second kappa shape index (κ2) is 6.15. The molecule has 0 aliphatic rings. The summed E-state index contributed by atoms with van der Waals surface area (Å²) in [6.07, 6.45) is 0. The predicted molar refractivity (Wildman–Crippen MR) is 68.6 cm³/mol. The van der Waals surface area contributed by atoms with Gasteiger partial charge in [-0.2, -0.15) is 0 Å². The predicted octanol–water partition coefficient (Wildman–Crippen LogP) is 1.93. The monoisotopic (exact) mass is 261 g/mol. The summed E-state index contributed by atoms with van der Waals surface area (Å²) in [5, 5.41) is 3.41. The van der Waals surface area contributed by atoms with Gasteiger partial charge < -0.3 is 5.32 Å². The molecule has 0 aromatic carbocycles. The maximum Gasteiger partial charge on any atom is 0.171 e. The molecule has 1 heterocycles. The van der Waals surface area contributed by atoms with Gasteiger partial charge in [-0.3, -0.25) is 4.21 Å². The molecule has 1 unspecified atom stereocenters. The zero-order valence-electron chi connectivity index (χ0n) is 9.71. The van der Waals surface area contributed by atoms with Crippen LogP contribution in [0.15, 0.2) is 0 Å². The third kappa shape index (κ3) is 3.72. The average molecular weight is 262 g/mol. The second-order valence-corrected chi connectivity index (χ2v) is 5.62. The maximum absolute atomic E-state index is 11.2. The van der Waals surface area contributed by atoms with Crippen LogP contribution in [0.5, 0.6) is 0 Å². The highest BCUT2D eigenvalue weighted by atomic mass is 35.5. The summed E-state index contributed by atoms with van der Waals surface area (Å²) in [6, 6.07) is 0. The lowest BCUT2D eigenvalue weighted by molar-refractivity contribution is 0.684. The Kier molecular flexibility index (Phi) is 5.15. The van der Waals surface area contributed by atoms with Gasteiger partial charge in [0.1, 0.15) is 0 Å². The van der Waals surface area contributed by atoms with Crippen LogP contribution in [-0.4, -0.2) is 32.2 Å². The Hall–Kier alpha value is -0.680. The van der Waals surface area contributed by atoms with Crippen LogP contribution < -0.4 is 5.32 Å². The van der Waals surface area contributed by atoms with Crippen molar-refractivity contribution in [2.24, 2.45) is 0 Å². The molecule has 0 spiro atoms. The standard InChI is InChI=1S/C10H16ClN3OS/c1-4-16(15)6-5-12-10-9(11)13-7(2)8(3)14-10/h4-6H2,1-3H3,(H,12,14). The summed E-state index contributed by atoms with van der Waals surface area (Å²) in [5.74, 6) is 1.84. The molecule has 1 aromatic heterocycles. The van der Waals surface area contributed by atoms with Crippen LogP contribution in [0.3, 0.4) is 0 Å². The first kappa shape index (κ1) is 13.4. The molecule has 1 rings (SSSR count). The molecule has 1 aromatic rings. The summed E-state index contributed by atoms with van der Waals surface area (Å²) in [6.45, 7) is 6.24. The van der Waals surface area contributed by atoms with Gasteiger partial charge in [0.15, 0.2) is 11.0 Å². The number of nitrogens with zero attached hydrogens (tertiary/aromatic N) is 2. The molecule has 0 aliphatic carbocycles. The fraction of sp³-hybridized carbons (Fsp3) is 0.600. The highest BCUT2D eigenvalue weighted by Gasteiger charge is 2.06. The smallest absolute Gasteiger partial charge is 0.171 e.